The number of aromatic nitrogens is 2. The molecule has 3 heterocycles. The number of fused-ring (bicyclic) bond motifs is 4. The van der Waals surface area contributed by atoms with Crippen molar-refractivity contribution in [3.63, 3.8) is 0 Å². The molecular weight excluding hydrogens is 317 g/mol. The number of rotatable bonds is 2. The highest BCUT2D eigenvalue weighted by molar-refractivity contribution is 7.89. The number of sulfonamides is 1. The minimum Gasteiger partial charge on any atom is -0.241 e. The van der Waals surface area contributed by atoms with E-state index in [1.54, 1.807) is 10.5 Å². The summed E-state index contributed by atoms with van der Waals surface area (Å²) in [5.74, 6) is 0.262. The van der Waals surface area contributed by atoms with Gasteiger partial charge in [-0.2, -0.15) is 4.31 Å². The lowest BCUT2D eigenvalue weighted by Crippen LogP contribution is -2.42. The fraction of sp³-hybridized carbons (Fsp3) is 0.375. The van der Waals surface area contributed by atoms with Gasteiger partial charge in [0.2, 0.25) is 10.0 Å². The highest BCUT2D eigenvalue weighted by atomic mass is 32.2. The van der Waals surface area contributed by atoms with Crippen LogP contribution >= 0.6 is 0 Å². The molecule has 0 spiro atoms. The zero-order chi connectivity index (χ0) is 16.2. The van der Waals surface area contributed by atoms with Gasteiger partial charge in [0, 0.05) is 24.2 Å². The van der Waals surface area contributed by atoms with Crippen molar-refractivity contribution in [1.29, 1.82) is 0 Å². The fourth-order valence-electron chi connectivity index (χ4n) is 3.63. The Bertz CT molecular complexity index is 867. The Morgan fingerprint density at radius 1 is 1.22 bits per heavy atom. The van der Waals surface area contributed by atoms with E-state index in [2.05, 4.69) is 9.97 Å². The van der Waals surface area contributed by atoms with Crippen molar-refractivity contribution in [3.05, 3.63) is 53.4 Å². The summed E-state index contributed by atoms with van der Waals surface area (Å²) in [7, 11) is -3.66. The van der Waals surface area contributed by atoms with Crippen LogP contribution in [0.1, 0.15) is 36.0 Å². The first-order valence-corrected chi connectivity index (χ1v) is 9.02. The molecule has 1 saturated heterocycles. The van der Waals surface area contributed by atoms with Crippen molar-refractivity contribution in [3.8, 4) is 0 Å². The second kappa shape index (κ2) is 5.07. The van der Waals surface area contributed by atoms with E-state index in [1.165, 1.54) is 24.3 Å². The van der Waals surface area contributed by atoms with Gasteiger partial charge in [0.1, 0.15) is 11.6 Å². The van der Waals surface area contributed by atoms with E-state index >= 15 is 0 Å². The number of hydrogen-bond donors (Lipinski definition) is 0. The first-order chi connectivity index (χ1) is 11.0. The molecule has 23 heavy (non-hydrogen) atoms. The molecule has 2 aliphatic heterocycles. The van der Waals surface area contributed by atoms with Gasteiger partial charge in [-0.05, 0) is 44.0 Å². The van der Waals surface area contributed by atoms with Crippen LogP contribution in [0.25, 0.3) is 0 Å². The van der Waals surface area contributed by atoms with Crippen molar-refractivity contribution in [2.45, 2.75) is 43.2 Å². The van der Waals surface area contributed by atoms with Gasteiger partial charge in [-0.3, -0.25) is 0 Å². The van der Waals surface area contributed by atoms with E-state index in [0.717, 1.165) is 24.1 Å². The van der Waals surface area contributed by atoms with Gasteiger partial charge in [-0.1, -0.05) is 0 Å². The van der Waals surface area contributed by atoms with Crippen LogP contribution in [-0.4, -0.2) is 28.7 Å². The number of hydrogen-bond acceptors (Lipinski definition) is 4. The second-order valence-electron chi connectivity index (χ2n) is 6.06. The predicted molar refractivity (Wildman–Crippen MR) is 81.7 cm³/mol. The molecule has 5 nitrogen and oxygen atoms in total. The lowest BCUT2D eigenvalue weighted by molar-refractivity contribution is 0.300. The zero-order valence-corrected chi connectivity index (χ0v) is 13.4. The maximum absolute atomic E-state index is 13.1. The number of benzene rings is 1. The quantitative estimate of drug-likeness (QED) is 0.846. The van der Waals surface area contributed by atoms with Crippen LogP contribution in [0.4, 0.5) is 4.39 Å². The standard InChI is InChI=1S/C16H16FN3O2S/c1-10-18-9-14-15(19-10)8-12-4-7-16(14)20(12)23(21,22)13-5-2-11(17)3-6-13/h2-3,5-6,9,12,16H,4,7-8H2,1H3/t12-,16+/m0/s1. The molecule has 7 heteroatoms. The van der Waals surface area contributed by atoms with Gasteiger partial charge in [0.05, 0.1) is 16.6 Å². The molecule has 0 unspecified atom stereocenters. The van der Waals surface area contributed by atoms with Crippen LogP contribution in [-0.2, 0) is 16.4 Å². The number of nitrogens with zero attached hydrogens (tertiary/aromatic N) is 3. The molecule has 0 aliphatic carbocycles. The Balaban J connectivity index is 1.78. The monoisotopic (exact) mass is 333 g/mol. The molecule has 4 rings (SSSR count). The fourth-order valence-corrected chi connectivity index (χ4v) is 5.48. The molecular formula is C16H16FN3O2S. The summed E-state index contributed by atoms with van der Waals surface area (Å²) >= 11 is 0. The third kappa shape index (κ3) is 2.26. The summed E-state index contributed by atoms with van der Waals surface area (Å²) in [4.78, 5) is 8.83. The average molecular weight is 333 g/mol. The molecule has 2 atom stereocenters. The van der Waals surface area contributed by atoms with Crippen molar-refractivity contribution in [2.75, 3.05) is 0 Å². The van der Waals surface area contributed by atoms with Gasteiger partial charge >= 0.3 is 0 Å². The summed E-state index contributed by atoms with van der Waals surface area (Å²) in [6.07, 6.45) is 3.93. The first kappa shape index (κ1) is 14.7. The molecule has 1 fully saturated rings. The normalized spacial score (nSPS) is 23.7. The topological polar surface area (TPSA) is 63.2 Å². The highest BCUT2D eigenvalue weighted by Gasteiger charge is 2.47. The molecule has 1 aromatic heterocycles. The van der Waals surface area contributed by atoms with Crippen LogP contribution in [0.2, 0.25) is 0 Å². The smallest absolute Gasteiger partial charge is 0.241 e. The largest absolute Gasteiger partial charge is 0.243 e. The Labute approximate surface area is 134 Å². The summed E-state index contributed by atoms with van der Waals surface area (Å²) < 4.78 is 40.7. The lowest BCUT2D eigenvalue weighted by Gasteiger charge is -2.34. The van der Waals surface area contributed by atoms with Crippen LogP contribution in [0.5, 0.6) is 0 Å². The van der Waals surface area contributed by atoms with Crippen molar-refractivity contribution in [1.82, 2.24) is 14.3 Å². The number of aryl methyl sites for hydroxylation is 1. The van der Waals surface area contributed by atoms with Crippen molar-refractivity contribution >= 4 is 10.0 Å². The minimum absolute atomic E-state index is 0.0862. The maximum Gasteiger partial charge on any atom is 0.243 e. The second-order valence-corrected chi connectivity index (χ2v) is 7.90. The molecule has 2 aromatic rings. The molecule has 2 bridgehead atoms. The van der Waals surface area contributed by atoms with E-state index in [1.807, 2.05) is 6.92 Å². The molecule has 0 saturated carbocycles. The maximum atomic E-state index is 13.1. The molecule has 0 amide bonds. The van der Waals surface area contributed by atoms with Crippen LogP contribution < -0.4 is 0 Å². The average Bonchev–Trinajstić information content (AvgIpc) is 2.84. The first-order valence-electron chi connectivity index (χ1n) is 7.58. The third-order valence-corrected chi connectivity index (χ3v) is 6.61. The van der Waals surface area contributed by atoms with E-state index < -0.39 is 15.8 Å². The molecule has 1 aromatic carbocycles. The summed E-state index contributed by atoms with van der Waals surface area (Å²) in [5, 5.41) is 0. The van der Waals surface area contributed by atoms with E-state index in [0.29, 0.717) is 12.2 Å². The van der Waals surface area contributed by atoms with Crippen molar-refractivity contribution in [2.24, 2.45) is 0 Å². The van der Waals surface area contributed by atoms with Crippen LogP contribution in [0.3, 0.4) is 0 Å². The molecule has 0 radical (unpaired) electrons. The third-order valence-electron chi connectivity index (χ3n) is 4.64. The molecule has 120 valence electrons. The van der Waals surface area contributed by atoms with E-state index in [-0.39, 0.29) is 17.0 Å². The van der Waals surface area contributed by atoms with Gasteiger partial charge in [0.25, 0.3) is 0 Å². The Morgan fingerprint density at radius 2 is 1.96 bits per heavy atom. The Morgan fingerprint density at radius 3 is 2.70 bits per heavy atom. The lowest BCUT2D eigenvalue weighted by atomic mass is 10.0. The van der Waals surface area contributed by atoms with E-state index in [4.69, 9.17) is 0 Å². The van der Waals surface area contributed by atoms with Gasteiger partial charge in [0.15, 0.2) is 0 Å². The predicted octanol–water partition coefficient (Wildman–Crippen LogP) is 2.37. The van der Waals surface area contributed by atoms with Gasteiger partial charge in [-0.15, -0.1) is 0 Å². The highest BCUT2D eigenvalue weighted by Crippen LogP contribution is 2.45. The van der Waals surface area contributed by atoms with Crippen LogP contribution in [0.15, 0.2) is 35.4 Å². The summed E-state index contributed by atoms with van der Waals surface area (Å²) in [5.41, 5.74) is 1.85. The molecule has 2 aliphatic rings. The zero-order valence-electron chi connectivity index (χ0n) is 12.6. The van der Waals surface area contributed by atoms with Crippen LogP contribution in [0, 0.1) is 12.7 Å². The SMILES string of the molecule is Cc1ncc2c(n1)C[C@@H]1CC[C@H]2N1S(=O)(=O)c1ccc(F)cc1. The minimum atomic E-state index is -3.66. The Hall–Kier alpha value is -1.86. The number of halogens is 1. The Kier molecular flexibility index (Phi) is 3.24. The van der Waals surface area contributed by atoms with Crippen molar-refractivity contribution < 1.29 is 12.8 Å². The summed E-state index contributed by atoms with van der Waals surface area (Å²) in [6.45, 7) is 1.84. The van der Waals surface area contributed by atoms with Gasteiger partial charge < -0.3 is 0 Å². The van der Waals surface area contributed by atoms with E-state index in [9.17, 15) is 12.8 Å². The molecule has 0 N–H and O–H groups in total. The van der Waals surface area contributed by atoms with Gasteiger partial charge in [-0.25, -0.2) is 22.8 Å². The summed E-state index contributed by atoms with van der Waals surface area (Å²) in [6, 6.07) is 4.70.